The average molecular weight is 284 g/mol. The molecule has 1 atom stereocenters. The highest BCUT2D eigenvalue weighted by Gasteiger charge is 2.29. The van der Waals surface area contributed by atoms with E-state index in [9.17, 15) is 4.79 Å². The van der Waals surface area contributed by atoms with Crippen LogP contribution in [0.2, 0.25) is 0 Å². The minimum absolute atomic E-state index is 0.00840. The number of fused-ring (bicyclic) bond motifs is 1. The Bertz CT molecular complexity index is 590. The van der Waals surface area contributed by atoms with Crippen molar-refractivity contribution in [3.63, 3.8) is 0 Å². The molecule has 3 rings (SSSR count). The Labute approximate surface area is 123 Å². The number of hydrogen-bond acceptors (Lipinski definition) is 3. The Morgan fingerprint density at radius 3 is 2.95 bits per heavy atom. The summed E-state index contributed by atoms with van der Waals surface area (Å²) >= 11 is 1.68. The van der Waals surface area contributed by atoms with Crippen LogP contribution in [0.15, 0.2) is 53.7 Å². The molecule has 3 nitrogen and oxygen atoms in total. The maximum atomic E-state index is 12.5. The summed E-state index contributed by atoms with van der Waals surface area (Å²) in [5.74, 6) is 0.190. The van der Waals surface area contributed by atoms with Crippen LogP contribution in [0.5, 0.6) is 0 Å². The van der Waals surface area contributed by atoms with Crippen LogP contribution in [0.3, 0.4) is 0 Å². The first-order valence-electron chi connectivity index (χ1n) is 6.62. The lowest BCUT2D eigenvalue weighted by Crippen LogP contribution is -2.34. The summed E-state index contributed by atoms with van der Waals surface area (Å²) in [6.45, 7) is 0.611. The summed E-state index contributed by atoms with van der Waals surface area (Å²) in [4.78, 5) is 19.6. The first kappa shape index (κ1) is 13.2. The van der Waals surface area contributed by atoms with Crippen molar-refractivity contribution in [3.05, 3.63) is 59.9 Å². The molecule has 0 fully saturated rings. The number of rotatable bonds is 3. The molecular weight excluding hydrogens is 268 g/mol. The van der Waals surface area contributed by atoms with E-state index in [1.165, 1.54) is 10.5 Å². The Balaban J connectivity index is 1.66. The topological polar surface area (TPSA) is 33.2 Å². The van der Waals surface area contributed by atoms with Crippen LogP contribution in [0.4, 0.5) is 0 Å². The highest BCUT2D eigenvalue weighted by atomic mass is 32.2. The van der Waals surface area contributed by atoms with Gasteiger partial charge in [0.15, 0.2) is 0 Å². The minimum Gasteiger partial charge on any atom is -0.340 e. The van der Waals surface area contributed by atoms with Gasteiger partial charge >= 0.3 is 0 Å². The molecule has 4 heteroatoms. The molecule has 1 unspecified atom stereocenters. The fourth-order valence-corrected chi connectivity index (χ4v) is 3.72. The van der Waals surface area contributed by atoms with Crippen molar-refractivity contribution in [1.29, 1.82) is 0 Å². The van der Waals surface area contributed by atoms with Crippen LogP contribution in [0.1, 0.15) is 11.1 Å². The van der Waals surface area contributed by atoms with Gasteiger partial charge in [-0.3, -0.25) is 9.78 Å². The maximum absolute atomic E-state index is 12.5. The number of aromatic nitrogens is 1. The number of carbonyl (C=O) groups is 1. The van der Waals surface area contributed by atoms with E-state index in [4.69, 9.17) is 0 Å². The summed E-state index contributed by atoms with van der Waals surface area (Å²) in [6, 6.07) is 12.1. The third kappa shape index (κ3) is 2.70. The van der Waals surface area contributed by atoms with Gasteiger partial charge in [0.05, 0.1) is 5.25 Å². The first-order chi connectivity index (χ1) is 9.74. The highest BCUT2D eigenvalue weighted by Crippen LogP contribution is 2.37. The van der Waals surface area contributed by atoms with Gasteiger partial charge in [0.25, 0.3) is 0 Å². The lowest BCUT2D eigenvalue weighted by atomic mass is 10.1. The fourth-order valence-electron chi connectivity index (χ4n) is 2.41. The predicted molar refractivity (Wildman–Crippen MR) is 80.5 cm³/mol. The minimum atomic E-state index is 0.00840. The van der Waals surface area contributed by atoms with E-state index in [1.807, 2.05) is 31.3 Å². The molecule has 0 saturated carbocycles. The normalized spacial score (nSPS) is 16.8. The van der Waals surface area contributed by atoms with E-state index in [2.05, 4.69) is 17.1 Å². The zero-order valence-corrected chi connectivity index (χ0v) is 12.1. The number of carbonyl (C=O) groups excluding carboxylic acids is 1. The summed E-state index contributed by atoms with van der Waals surface area (Å²) in [6.07, 6.45) is 4.38. The molecule has 2 heterocycles. The Morgan fingerprint density at radius 2 is 2.20 bits per heavy atom. The van der Waals surface area contributed by atoms with Crippen LogP contribution in [0.25, 0.3) is 0 Å². The zero-order chi connectivity index (χ0) is 13.9. The molecule has 102 valence electrons. The third-order valence-electron chi connectivity index (χ3n) is 3.44. The van der Waals surface area contributed by atoms with Gasteiger partial charge in [0, 0.05) is 30.9 Å². The van der Waals surface area contributed by atoms with Crippen LogP contribution in [0, 0.1) is 0 Å². The van der Waals surface area contributed by atoms with E-state index < -0.39 is 0 Å². The van der Waals surface area contributed by atoms with E-state index in [0.717, 1.165) is 12.0 Å². The molecule has 1 aliphatic rings. The molecular formula is C16H16N2OS. The third-order valence-corrected chi connectivity index (χ3v) is 4.75. The Morgan fingerprint density at radius 1 is 1.35 bits per heavy atom. The lowest BCUT2D eigenvalue weighted by molar-refractivity contribution is -0.129. The molecule has 1 aromatic heterocycles. The zero-order valence-electron chi connectivity index (χ0n) is 11.3. The smallest absolute Gasteiger partial charge is 0.236 e. The fraction of sp³-hybridized carbons (Fsp3) is 0.250. The number of thioether (sulfide) groups is 1. The molecule has 0 saturated heterocycles. The summed E-state index contributed by atoms with van der Waals surface area (Å²) in [7, 11) is 1.86. The predicted octanol–water partition coefficient (Wildman–Crippen LogP) is 2.76. The van der Waals surface area contributed by atoms with Gasteiger partial charge in [-0.15, -0.1) is 11.8 Å². The monoisotopic (exact) mass is 284 g/mol. The van der Waals surface area contributed by atoms with Crippen molar-refractivity contribution in [3.8, 4) is 0 Å². The van der Waals surface area contributed by atoms with Gasteiger partial charge in [-0.1, -0.05) is 24.3 Å². The van der Waals surface area contributed by atoms with Crippen LogP contribution in [-0.2, 0) is 17.8 Å². The molecule has 0 spiro atoms. The second-order valence-electron chi connectivity index (χ2n) is 4.97. The van der Waals surface area contributed by atoms with E-state index in [-0.39, 0.29) is 11.2 Å². The molecule has 0 N–H and O–H groups in total. The first-order valence-corrected chi connectivity index (χ1v) is 7.50. The van der Waals surface area contributed by atoms with Gasteiger partial charge in [-0.25, -0.2) is 0 Å². The van der Waals surface area contributed by atoms with E-state index in [1.54, 1.807) is 29.1 Å². The summed E-state index contributed by atoms with van der Waals surface area (Å²) < 4.78 is 0. The summed E-state index contributed by atoms with van der Waals surface area (Å²) in [5, 5.41) is 0.00840. The number of amides is 1. The van der Waals surface area contributed by atoms with Crippen molar-refractivity contribution in [2.45, 2.75) is 23.1 Å². The number of pyridine rings is 1. The van der Waals surface area contributed by atoms with Gasteiger partial charge < -0.3 is 4.90 Å². The second kappa shape index (κ2) is 5.67. The second-order valence-corrected chi connectivity index (χ2v) is 6.22. The van der Waals surface area contributed by atoms with Gasteiger partial charge in [-0.2, -0.15) is 0 Å². The number of benzene rings is 1. The van der Waals surface area contributed by atoms with Crippen molar-refractivity contribution in [2.24, 2.45) is 0 Å². The maximum Gasteiger partial charge on any atom is 0.236 e. The molecule has 0 radical (unpaired) electrons. The van der Waals surface area contributed by atoms with Crippen LogP contribution in [-0.4, -0.2) is 28.1 Å². The number of nitrogens with zero attached hydrogens (tertiary/aromatic N) is 2. The molecule has 0 bridgehead atoms. The van der Waals surface area contributed by atoms with Crippen molar-refractivity contribution in [1.82, 2.24) is 9.88 Å². The van der Waals surface area contributed by atoms with Crippen LogP contribution >= 0.6 is 11.8 Å². The van der Waals surface area contributed by atoms with E-state index >= 15 is 0 Å². The molecule has 1 aromatic carbocycles. The molecule has 0 aliphatic carbocycles. The standard InChI is InChI=1S/C16H16N2OS/c1-18(11-12-5-4-8-17-10-12)16(19)15-9-13-6-2-3-7-14(13)20-15/h2-8,10,15H,9,11H2,1H3. The average Bonchev–Trinajstić information content (AvgIpc) is 2.91. The van der Waals surface area contributed by atoms with Crippen molar-refractivity contribution < 1.29 is 4.79 Å². The molecule has 1 aliphatic heterocycles. The Kier molecular flexibility index (Phi) is 3.74. The highest BCUT2D eigenvalue weighted by molar-refractivity contribution is 8.01. The van der Waals surface area contributed by atoms with Gasteiger partial charge in [0.2, 0.25) is 5.91 Å². The largest absolute Gasteiger partial charge is 0.340 e. The quantitative estimate of drug-likeness (QED) is 0.869. The van der Waals surface area contributed by atoms with Crippen molar-refractivity contribution >= 4 is 17.7 Å². The number of hydrogen-bond donors (Lipinski definition) is 0. The Hall–Kier alpha value is -1.81. The van der Waals surface area contributed by atoms with Gasteiger partial charge in [0.1, 0.15) is 0 Å². The molecule has 1 amide bonds. The molecule has 20 heavy (non-hydrogen) atoms. The lowest BCUT2D eigenvalue weighted by Gasteiger charge is -2.20. The van der Waals surface area contributed by atoms with Crippen LogP contribution < -0.4 is 0 Å². The summed E-state index contributed by atoms with van der Waals surface area (Å²) in [5.41, 5.74) is 2.34. The van der Waals surface area contributed by atoms with Gasteiger partial charge in [-0.05, 0) is 29.7 Å². The molecule has 2 aromatic rings. The van der Waals surface area contributed by atoms with E-state index in [0.29, 0.717) is 6.54 Å². The van der Waals surface area contributed by atoms with Crippen molar-refractivity contribution in [2.75, 3.05) is 7.05 Å². The SMILES string of the molecule is CN(Cc1cccnc1)C(=O)C1Cc2ccccc2S1.